The number of thioether (sulfide) groups is 1. The highest BCUT2D eigenvalue weighted by Gasteiger charge is 2.06. The van der Waals surface area contributed by atoms with Crippen molar-refractivity contribution in [1.82, 2.24) is 10.6 Å². The zero-order valence-electron chi connectivity index (χ0n) is 6.39. The highest BCUT2D eigenvalue weighted by Crippen LogP contribution is 2.03. The number of aliphatic imine (C=N–C) groups is 1. The lowest BCUT2D eigenvalue weighted by Gasteiger charge is -1.99. The Kier molecular flexibility index (Phi) is 3.22. The van der Waals surface area contributed by atoms with Crippen molar-refractivity contribution in [2.24, 2.45) is 4.99 Å². The zero-order chi connectivity index (χ0) is 8.10. The van der Waals surface area contributed by atoms with E-state index >= 15 is 0 Å². The normalized spacial score (nSPS) is 15.5. The number of carbonyl (C=O) groups excluding carboxylic acids is 1. The van der Waals surface area contributed by atoms with Gasteiger partial charge in [-0.1, -0.05) is 11.8 Å². The molecular formula is C6H11N3OS. The molecule has 2 N–H and O–H groups in total. The lowest BCUT2D eigenvalue weighted by molar-refractivity contribution is -0.118. The molecule has 0 bridgehead atoms. The minimum absolute atomic E-state index is 0.0337. The van der Waals surface area contributed by atoms with Crippen molar-refractivity contribution in [2.75, 3.05) is 25.9 Å². The summed E-state index contributed by atoms with van der Waals surface area (Å²) in [5, 5.41) is 6.50. The molecule has 1 heterocycles. The second-order valence-corrected chi connectivity index (χ2v) is 3.04. The van der Waals surface area contributed by atoms with Crippen molar-refractivity contribution in [3.63, 3.8) is 0 Å². The Morgan fingerprint density at radius 3 is 3.27 bits per heavy atom. The van der Waals surface area contributed by atoms with Gasteiger partial charge in [-0.3, -0.25) is 9.79 Å². The van der Waals surface area contributed by atoms with Gasteiger partial charge >= 0.3 is 0 Å². The molecule has 0 spiro atoms. The van der Waals surface area contributed by atoms with E-state index in [1.54, 1.807) is 7.05 Å². The lowest BCUT2D eigenvalue weighted by atomic mass is 10.7. The zero-order valence-corrected chi connectivity index (χ0v) is 7.20. The molecule has 0 aromatic heterocycles. The van der Waals surface area contributed by atoms with Gasteiger partial charge in [0.1, 0.15) is 0 Å². The van der Waals surface area contributed by atoms with Crippen LogP contribution in [0, 0.1) is 0 Å². The molecule has 62 valence electrons. The van der Waals surface area contributed by atoms with Gasteiger partial charge in [-0.05, 0) is 0 Å². The second kappa shape index (κ2) is 4.23. The average molecular weight is 173 g/mol. The number of carbonyl (C=O) groups is 1. The highest BCUT2D eigenvalue weighted by molar-refractivity contribution is 8.14. The summed E-state index contributed by atoms with van der Waals surface area (Å²) in [7, 11) is 1.63. The lowest BCUT2D eigenvalue weighted by Crippen LogP contribution is -2.23. The summed E-state index contributed by atoms with van der Waals surface area (Å²) < 4.78 is 0. The Balaban J connectivity index is 2.16. The predicted molar refractivity (Wildman–Crippen MR) is 46.8 cm³/mol. The molecule has 0 aliphatic carbocycles. The van der Waals surface area contributed by atoms with Crippen LogP contribution in [0.25, 0.3) is 0 Å². The summed E-state index contributed by atoms with van der Waals surface area (Å²) in [5.41, 5.74) is 0. The topological polar surface area (TPSA) is 53.5 Å². The van der Waals surface area contributed by atoms with Crippen LogP contribution in [0.3, 0.4) is 0 Å². The van der Waals surface area contributed by atoms with Crippen LogP contribution < -0.4 is 10.6 Å². The van der Waals surface area contributed by atoms with Gasteiger partial charge in [0.05, 0.1) is 12.3 Å². The van der Waals surface area contributed by atoms with Gasteiger partial charge in [-0.15, -0.1) is 0 Å². The number of amidine groups is 1. The van der Waals surface area contributed by atoms with E-state index in [1.165, 1.54) is 11.8 Å². The number of nitrogens with zero attached hydrogens (tertiary/aromatic N) is 1. The van der Waals surface area contributed by atoms with Gasteiger partial charge in [0.25, 0.3) is 0 Å². The van der Waals surface area contributed by atoms with E-state index in [0.29, 0.717) is 5.75 Å². The Labute approximate surface area is 69.8 Å². The summed E-state index contributed by atoms with van der Waals surface area (Å²) in [6.45, 7) is 1.73. The quantitative estimate of drug-likeness (QED) is 0.587. The predicted octanol–water partition coefficient (Wildman–Crippen LogP) is -0.575. The average Bonchev–Trinajstić information content (AvgIpc) is 2.52. The summed E-state index contributed by atoms with van der Waals surface area (Å²) in [6.07, 6.45) is 0. The summed E-state index contributed by atoms with van der Waals surface area (Å²) in [5.74, 6) is 0.480. The van der Waals surface area contributed by atoms with Crippen LogP contribution in [-0.2, 0) is 4.79 Å². The first kappa shape index (κ1) is 8.39. The van der Waals surface area contributed by atoms with Gasteiger partial charge in [0.15, 0.2) is 5.17 Å². The largest absolute Gasteiger partial charge is 0.363 e. The molecule has 1 aliphatic rings. The fraction of sp³-hybridized carbons (Fsp3) is 0.667. The maximum Gasteiger partial charge on any atom is 0.230 e. The van der Waals surface area contributed by atoms with Crippen LogP contribution in [0.4, 0.5) is 0 Å². The highest BCUT2D eigenvalue weighted by atomic mass is 32.2. The Bertz CT molecular complexity index is 181. The smallest absolute Gasteiger partial charge is 0.230 e. The molecular weight excluding hydrogens is 162 g/mol. The Morgan fingerprint density at radius 1 is 1.91 bits per heavy atom. The molecule has 1 aliphatic heterocycles. The number of amides is 1. The van der Waals surface area contributed by atoms with Crippen molar-refractivity contribution in [3.05, 3.63) is 0 Å². The van der Waals surface area contributed by atoms with Crippen molar-refractivity contribution < 1.29 is 4.79 Å². The van der Waals surface area contributed by atoms with E-state index in [-0.39, 0.29) is 5.91 Å². The monoisotopic (exact) mass is 173 g/mol. The van der Waals surface area contributed by atoms with Gasteiger partial charge in [0.2, 0.25) is 5.91 Å². The fourth-order valence-corrected chi connectivity index (χ4v) is 1.48. The summed E-state index contributed by atoms with van der Waals surface area (Å²) in [4.78, 5) is 14.9. The maximum absolute atomic E-state index is 10.8. The van der Waals surface area contributed by atoms with Crippen LogP contribution >= 0.6 is 11.8 Å². The third-order valence-corrected chi connectivity index (χ3v) is 2.22. The van der Waals surface area contributed by atoms with Crippen LogP contribution in [0.1, 0.15) is 0 Å². The number of hydrogen-bond acceptors (Lipinski definition) is 4. The summed E-state index contributed by atoms with van der Waals surface area (Å²) >= 11 is 1.44. The molecule has 1 rings (SSSR count). The van der Waals surface area contributed by atoms with Gasteiger partial charge < -0.3 is 10.6 Å². The maximum atomic E-state index is 10.8. The first-order valence-corrected chi connectivity index (χ1v) is 4.43. The fourth-order valence-electron chi connectivity index (χ4n) is 0.679. The number of nitrogens with one attached hydrogen (secondary N) is 2. The van der Waals surface area contributed by atoms with E-state index in [1.807, 2.05) is 0 Å². The van der Waals surface area contributed by atoms with Crippen molar-refractivity contribution >= 4 is 22.8 Å². The molecule has 0 unspecified atom stereocenters. The van der Waals surface area contributed by atoms with E-state index in [2.05, 4.69) is 15.6 Å². The molecule has 5 heteroatoms. The third-order valence-electron chi connectivity index (χ3n) is 1.26. The molecule has 0 aromatic rings. The van der Waals surface area contributed by atoms with Crippen LogP contribution in [-0.4, -0.2) is 37.0 Å². The van der Waals surface area contributed by atoms with Gasteiger partial charge in [0, 0.05) is 13.6 Å². The first-order valence-electron chi connectivity index (χ1n) is 3.44. The van der Waals surface area contributed by atoms with E-state index in [4.69, 9.17) is 0 Å². The van der Waals surface area contributed by atoms with E-state index in [9.17, 15) is 4.79 Å². The van der Waals surface area contributed by atoms with E-state index in [0.717, 1.165) is 18.3 Å². The third kappa shape index (κ3) is 2.80. The van der Waals surface area contributed by atoms with Crippen molar-refractivity contribution in [1.29, 1.82) is 0 Å². The second-order valence-electron chi connectivity index (χ2n) is 2.08. The van der Waals surface area contributed by atoms with Gasteiger partial charge in [-0.2, -0.15) is 0 Å². The van der Waals surface area contributed by atoms with Crippen LogP contribution in [0.2, 0.25) is 0 Å². The molecule has 11 heavy (non-hydrogen) atoms. The molecule has 0 fully saturated rings. The van der Waals surface area contributed by atoms with Crippen LogP contribution in [0.15, 0.2) is 4.99 Å². The molecule has 4 nitrogen and oxygen atoms in total. The SMILES string of the molecule is CNC(=O)CSC1=NCCN1. The first-order chi connectivity index (χ1) is 5.33. The minimum Gasteiger partial charge on any atom is -0.363 e. The van der Waals surface area contributed by atoms with Crippen molar-refractivity contribution in [2.45, 2.75) is 0 Å². The van der Waals surface area contributed by atoms with E-state index < -0.39 is 0 Å². The standard InChI is InChI=1S/C6H11N3OS/c1-7-5(10)4-11-6-8-2-3-9-6/h2-4H2,1H3,(H,7,10)(H,8,9). The van der Waals surface area contributed by atoms with Gasteiger partial charge in [-0.25, -0.2) is 0 Å². The molecule has 0 saturated heterocycles. The molecule has 0 radical (unpaired) electrons. The van der Waals surface area contributed by atoms with Crippen LogP contribution in [0.5, 0.6) is 0 Å². The van der Waals surface area contributed by atoms with Crippen molar-refractivity contribution in [3.8, 4) is 0 Å². The molecule has 0 saturated carbocycles. The minimum atomic E-state index is 0.0337. The molecule has 0 aromatic carbocycles. The Hall–Kier alpha value is -0.710. The molecule has 1 amide bonds. The Morgan fingerprint density at radius 2 is 2.73 bits per heavy atom. The number of rotatable bonds is 2. The number of hydrogen-bond donors (Lipinski definition) is 2. The molecule has 0 atom stereocenters. The summed E-state index contributed by atoms with van der Waals surface area (Å²) in [6, 6.07) is 0.